The number of carbonyl (C=O) groups excluding carboxylic acids is 1. The highest BCUT2D eigenvalue weighted by Crippen LogP contribution is 2.23. The molecular weight excluding hydrogens is 304 g/mol. The molecule has 0 spiro atoms. The molecule has 3 nitrogen and oxygen atoms in total. The number of benzene rings is 2. The number of para-hydroxylation sites is 1. The number of fused-ring (bicyclic) bond motifs is 1. The molecule has 4 heteroatoms. The minimum Gasteiger partial charge on any atom is -0.325 e. The van der Waals surface area contributed by atoms with Crippen molar-refractivity contribution in [2.45, 2.75) is 18.2 Å². The summed E-state index contributed by atoms with van der Waals surface area (Å²) in [6.45, 7) is 1.94. The van der Waals surface area contributed by atoms with Gasteiger partial charge in [0.2, 0.25) is 5.91 Å². The minimum atomic E-state index is 0.0317. The first-order valence-corrected chi connectivity index (χ1v) is 8.55. The third-order valence-electron chi connectivity index (χ3n) is 3.46. The van der Waals surface area contributed by atoms with E-state index in [4.69, 9.17) is 0 Å². The maximum Gasteiger partial charge on any atom is 0.225 e. The molecule has 1 aromatic heterocycles. The molecule has 0 bridgehead atoms. The van der Waals surface area contributed by atoms with Crippen LogP contribution >= 0.6 is 11.8 Å². The average molecular weight is 322 g/mol. The van der Waals surface area contributed by atoms with Crippen molar-refractivity contribution >= 4 is 34.3 Å². The second-order valence-corrected chi connectivity index (χ2v) is 6.46. The molecule has 0 radical (unpaired) electrons. The molecule has 0 aliphatic heterocycles. The highest BCUT2D eigenvalue weighted by atomic mass is 32.2. The number of amides is 1. The van der Waals surface area contributed by atoms with E-state index in [0.29, 0.717) is 6.42 Å². The number of nitrogens with zero attached hydrogens (tertiary/aromatic N) is 1. The van der Waals surface area contributed by atoms with Gasteiger partial charge >= 0.3 is 0 Å². The Hall–Kier alpha value is -2.33. The summed E-state index contributed by atoms with van der Waals surface area (Å²) < 4.78 is 0. The van der Waals surface area contributed by atoms with Gasteiger partial charge in [-0.2, -0.15) is 0 Å². The van der Waals surface area contributed by atoms with Gasteiger partial charge in [-0.1, -0.05) is 36.4 Å². The standard InChI is InChI=1S/C19H18N2OS/c1-14-13-18(16-9-5-6-10-17(16)20-14)21-19(22)11-12-23-15-7-3-2-4-8-15/h2-10,13H,11-12H2,1H3,(H,20,21,22). The van der Waals surface area contributed by atoms with Crippen molar-refractivity contribution in [3.63, 3.8) is 0 Å². The Kier molecular flexibility index (Phi) is 4.93. The second-order valence-electron chi connectivity index (χ2n) is 5.29. The van der Waals surface area contributed by atoms with E-state index in [0.717, 1.165) is 28.0 Å². The Morgan fingerprint density at radius 2 is 1.83 bits per heavy atom. The average Bonchev–Trinajstić information content (AvgIpc) is 2.55. The van der Waals surface area contributed by atoms with Crippen LogP contribution in [0.1, 0.15) is 12.1 Å². The van der Waals surface area contributed by atoms with Crippen molar-refractivity contribution in [3.05, 3.63) is 66.4 Å². The van der Waals surface area contributed by atoms with Gasteiger partial charge in [-0.05, 0) is 31.2 Å². The molecule has 0 saturated carbocycles. The zero-order valence-corrected chi connectivity index (χ0v) is 13.8. The van der Waals surface area contributed by atoms with Gasteiger partial charge in [-0.15, -0.1) is 11.8 Å². The van der Waals surface area contributed by atoms with Gasteiger partial charge < -0.3 is 5.32 Å². The molecule has 0 aliphatic rings. The maximum atomic E-state index is 12.2. The fourth-order valence-corrected chi connectivity index (χ4v) is 3.27. The first-order chi connectivity index (χ1) is 11.2. The van der Waals surface area contributed by atoms with Gasteiger partial charge in [-0.3, -0.25) is 9.78 Å². The summed E-state index contributed by atoms with van der Waals surface area (Å²) in [5, 5.41) is 3.99. The van der Waals surface area contributed by atoms with E-state index in [1.807, 2.05) is 55.5 Å². The van der Waals surface area contributed by atoms with Gasteiger partial charge in [0.25, 0.3) is 0 Å². The largest absolute Gasteiger partial charge is 0.325 e. The minimum absolute atomic E-state index is 0.0317. The molecule has 23 heavy (non-hydrogen) atoms. The first-order valence-electron chi connectivity index (χ1n) is 7.56. The maximum absolute atomic E-state index is 12.2. The van der Waals surface area contributed by atoms with Crippen LogP contribution in [0.2, 0.25) is 0 Å². The molecular formula is C19H18N2OS. The Morgan fingerprint density at radius 3 is 2.65 bits per heavy atom. The summed E-state index contributed by atoms with van der Waals surface area (Å²) in [5.41, 5.74) is 2.64. The number of thioether (sulfide) groups is 1. The highest BCUT2D eigenvalue weighted by molar-refractivity contribution is 7.99. The number of aryl methyl sites for hydroxylation is 1. The first kappa shape index (κ1) is 15.6. The molecule has 1 heterocycles. The third-order valence-corrected chi connectivity index (χ3v) is 4.47. The molecule has 116 valence electrons. The summed E-state index contributed by atoms with van der Waals surface area (Å²) in [4.78, 5) is 17.9. The van der Waals surface area contributed by atoms with Crippen LogP contribution < -0.4 is 5.32 Å². The van der Waals surface area contributed by atoms with Crippen molar-refractivity contribution in [1.29, 1.82) is 0 Å². The van der Waals surface area contributed by atoms with Gasteiger partial charge in [0.05, 0.1) is 11.2 Å². The van der Waals surface area contributed by atoms with Gasteiger partial charge in [0.15, 0.2) is 0 Å². The molecule has 2 aromatic carbocycles. The van der Waals surface area contributed by atoms with E-state index in [1.54, 1.807) is 11.8 Å². The zero-order valence-electron chi connectivity index (χ0n) is 13.0. The Bertz CT molecular complexity index is 818. The summed E-state index contributed by atoms with van der Waals surface area (Å²) in [5.74, 6) is 0.793. The van der Waals surface area contributed by atoms with Crippen LogP contribution in [0.5, 0.6) is 0 Å². The molecule has 3 aromatic rings. The Balaban J connectivity index is 1.64. The smallest absolute Gasteiger partial charge is 0.225 e. The molecule has 0 atom stereocenters. The van der Waals surface area contributed by atoms with Crippen LogP contribution in [-0.4, -0.2) is 16.6 Å². The van der Waals surface area contributed by atoms with E-state index in [-0.39, 0.29) is 5.91 Å². The van der Waals surface area contributed by atoms with Crippen LogP contribution in [0.25, 0.3) is 10.9 Å². The molecule has 0 saturated heterocycles. The molecule has 0 fully saturated rings. The van der Waals surface area contributed by atoms with E-state index in [9.17, 15) is 4.79 Å². The van der Waals surface area contributed by atoms with E-state index in [1.165, 1.54) is 4.90 Å². The monoisotopic (exact) mass is 322 g/mol. The fraction of sp³-hybridized carbons (Fsp3) is 0.158. The molecule has 0 aliphatic carbocycles. The number of nitrogens with one attached hydrogen (secondary N) is 1. The highest BCUT2D eigenvalue weighted by Gasteiger charge is 2.08. The summed E-state index contributed by atoms with van der Waals surface area (Å²) >= 11 is 1.69. The quantitative estimate of drug-likeness (QED) is 0.694. The van der Waals surface area contributed by atoms with Crippen LogP contribution in [0.15, 0.2) is 65.6 Å². The van der Waals surface area contributed by atoms with Crippen LogP contribution in [0.4, 0.5) is 5.69 Å². The van der Waals surface area contributed by atoms with Crippen molar-refractivity contribution in [2.75, 3.05) is 11.1 Å². The zero-order chi connectivity index (χ0) is 16.1. The summed E-state index contributed by atoms with van der Waals surface area (Å²) in [6, 6.07) is 19.9. The van der Waals surface area contributed by atoms with Gasteiger partial charge in [-0.25, -0.2) is 0 Å². The third kappa shape index (κ3) is 4.11. The van der Waals surface area contributed by atoms with Crippen LogP contribution in [0, 0.1) is 6.92 Å². The molecule has 1 amide bonds. The van der Waals surface area contributed by atoms with Crippen LogP contribution in [-0.2, 0) is 4.79 Å². The number of anilines is 1. The number of hydrogen-bond acceptors (Lipinski definition) is 3. The van der Waals surface area contributed by atoms with E-state index in [2.05, 4.69) is 22.4 Å². The number of rotatable bonds is 5. The van der Waals surface area contributed by atoms with Crippen molar-refractivity contribution in [1.82, 2.24) is 4.98 Å². The van der Waals surface area contributed by atoms with Crippen LogP contribution in [0.3, 0.4) is 0 Å². The Morgan fingerprint density at radius 1 is 1.09 bits per heavy atom. The topological polar surface area (TPSA) is 42.0 Å². The lowest BCUT2D eigenvalue weighted by Crippen LogP contribution is -2.12. The number of aromatic nitrogens is 1. The number of carbonyl (C=O) groups is 1. The second kappa shape index (κ2) is 7.29. The molecule has 0 unspecified atom stereocenters. The number of hydrogen-bond donors (Lipinski definition) is 1. The fourth-order valence-electron chi connectivity index (χ4n) is 2.40. The van der Waals surface area contributed by atoms with E-state index < -0.39 is 0 Å². The number of pyridine rings is 1. The van der Waals surface area contributed by atoms with Crippen molar-refractivity contribution in [2.24, 2.45) is 0 Å². The Labute approximate surface area is 140 Å². The van der Waals surface area contributed by atoms with Crippen molar-refractivity contribution in [3.8, 4) is 0 Å². The lowest BCUT2D eigenvalue weighted by atomic mass is 10.1. The normalized spacial score (nSPS) is 10.7. The van der Waals surface area contributed by atoms with Crippen molar-refractivity contribution < 1.29 is 4.79 Å². The predicted molar refractivity (Wildman–Crippen MR) is 96.9 cm³/mol. The van der Waals surface area contributed by atoms with Gasteiger partial charge in [0.1, 0.15) is 0 Å². The van der Waals surface area contributed by atoms with E-state index >= 15 is 0 Å². The molecule has 3 rings (SSSR count). The summed E-state index contributed by atoms with van der Waals surface area (Å²) in [6.07, 6.45) is 0.481. The molecule has 1 N–H and O–H groups in total. The predicted octanol–water partition coefficient (Wildman–Crippen LogP) is 4.66. The SMILES string of the molecule is Cc1cc(NC(=O)CCSc2ccccc2)c2ccccc2n1. The summed E-state index contributed by atoms with van der Waals surface area (Å²) in [7, 11) is 0. The lowest BCUT2D eigenvalue weighted by Gasteiger charge is -2.09. The lowest BCUT2D eigenvalue weighted by molar-refractivity contribution is -0.115. The van der Waals surface area contributed by atoms with Gasteiger partial charge in [0, 0.05) is 28.1 Å².